The molecule has 0 fully saturated rings. The number of para-hydroxylation sites is 1. The zero-order valence-electron chi connectivity index (χ0n) is 15.3. The van der Waals surface area contributed by atoms with Crippen LogP contribution < -0.4 is 5.32 Å². The number of rotatable bonds is 8. The second kappa shape index (κ2) is 9.53. The first-order valence-electron chi connectivity index (χ1n) is 8.87. The van der Waals surface area contributed by atoms with Crippen LogP contribution in [0.15, 0.2) is 65.0 Å². The van der Waals surface area contributed by atoms with Crippen molar-refractivity contribution in [2.75, 3.05) is 18.4 Å². The number of anilines is 2. The van der Waals surface area contributed by atoms with Crippen molar-refractivity contribution in [3.63, 3.8) is 0 Å². The van der Waals surface area contributed by atoms with E-state index in [4.69, 9.17) is 0 Å². The minimum Gasteiger partial charge on any atom is -0.342 e. The Labute approximate surface area is 167 Å². The van der Waals surface area contributed by atoms with Crippen molar-refractivity contribution >= 4 is 39.8 Å². The van der Waals surface area contributed by atoms with Crippen molar-refractivity contribution in [3.05, 3.63) is 66.2 Å². The van der Waals surface area contributed by atoms with E-state index in [2.05, 4.69) is 15.5 Å². The van der Waals surface area contributed by atoms with Gasteiger partial charge in [0.15, 0.2) is 4.34 Å². The van der Waals surface area contributed by atoms with Gasteiger partial charge in [-0.3, -0.25) is 4.79 Å². The smallest absolute Gasteiger partial charge is 0.240 e. The summed E-state index contributed by atoms with van der Waals surface area (Å²) in [7, 11) is 0. The van der Waals surface area contributed by atoms with Crippen molar-refractivity contribution < 1.29 is 4.79 Å². The number of hydrogen-bond donors (Lipinski definition) is 1. The Balaban J connectivity index is 1.79. The van der Waals surface area contributed by atoms with E-state index in [1.807, 2.05) is 79.4 Å². The lowest BCUT2D eigenvalue weighted by Crippen LogP contribution is -2.33. The van der Waals surface area contributed by atoms with Gasteiger partial charge < -0.3 is 10.2 Å². The predicted octanol–water partition coefficient (Wildman–Crippen LogP) is 4.98. The maximum Gasteiger partial charge on any atom is 0.240 e. The molecule has 1 N–H and O–H groups in total. The van der Waals surface area contributed by atoms with Crippen LogP contribution in [-0.4, -0.2) is 34.1 Å². The lowest BCUT2D eigenvalue weighted by atomic mass is 10.1. The SMILES string of the molecule is CCN(CC)C(=O)[C@@H](Sc1nnc(Nc2ccccc2)s1)c1ccccc1. The molecule has 27 heavy (non-hydrogen) atoms. The molecule has 0 saturated heterocycles. The monoisotopic (exact) mass is 398 g/mol. The summed E-state index contributed by atoms with van der Waals surface area (Å²) in [5.74, 6) is 0.101. The maximum atomic E-state index is 13.1. The molecule has 2 aromatic carbocycles. The van der Waals surface area contributed by atoms with Gasteiger partial charge in [-0.2, -0.15) is 0 Å². The fourth-order valence-electron chi connectivity index (χ4n) is 2.64. The zero-order valence-corrected chi connectivity index (χ0v) is 17.0. The molecule has 1 amide bonds. The van der Waals surface area contributed by atoms with Crippen LogP contribution in [0.25, 0.3) is 0 Å². The average molecular weight is 399 g/mol. The summed E-state index contributed by atoms with van der Waals surface area (Å²) in [6, 6.07) is 19.7. The van der Waals surface area contributed by atoms with Crippen LogP contribution in [0, 0.1) is 0 Å². The minimum absolute atomic E-state index is 0.101. The van der Waals surface area contributed by atoms with Gasteiger partial charge in [0, 0.05) is 18.8 Å². The van der Waals surface area contributed by atoms with Gasteiger partial charge in [0.05, 0.1) is 0 Å². The fraction of sp³-hybridized carbons (Fsp3) is 0.250. The van der Waals surface area contributed by atoms with Gasteiger partial charge in [-0.1, -0.05) is 71.6 Å². The first-order valence-corrected chi connectivity index (χ1v) is 10.6. The summed E-state index contributed by atoms with van der Waals surface area (Å²) in [4.78, 5) is 14.9. The molecule has 0 aliphatic carbocycles. The number of likely N-dealkylation sites (N-methyl/N-ethyl adjacent to an activating group) is 1. The van der Waals surface area contributed by atoms with Crippen LogP contribution >= 0.6 is 23.1 Å². The van der Waals surface area contributed by atoms with E-state index in [9.17, 15) is 4.79 Å². The first kappa shape index (κ1) is 19.4. The minimum atomic E-state index is -0.330. The highest BCUT2D eigenvalue weighted by atomic mass is 32.2. The van der Waals surface area contributed by atoms with Crippen LogP contribution in [0.5, 0.6) is 0 Å². The van der Waals surface area contributed by atoms with Crippen LogP contribution in [0.4, 0.5) is 10.8 Å². The zero-order chi connectivity index (χ0) is 19.1. The Morgan fingerprint density at radius 3 is 2.30 bits per heavy atom. The Morgan fingerprint density at radius 1 is 1.04 bits per heavy atom. The molecular formula is C20H22N4OS2. The number of carbonyl (C=O) groups is 1. The van der Waals surface area contributed by atoms with Crippen molar-refractivity contribution in [2.24, 2.45) is 0 Å². The normalized spacial score (nSPS) is 11.8. The molecule has 1 heterocycles. The summed E-state index contributed by atoms with van der Waals surface area (Å²) < 4.78 is 0.766. The third-order valence-electron chi connectivity index (χ3n) is 4.05. The van der Waals surface area contributed by atoms with Crippen LogP contribution in [0.1, 0.15) is 24.7 Å². The van der Waals surface area contributed by atoms with Crippen LogP contribution in [0.2, 0.25) is 0 Å². The number of amides is 1. The summed E-state index contributed by atoms with van der Waals surface area (Å²) >= 11 is 2.91. The number of benzene rings is 2. The molecule has 0 spiro atoms. The van der Waals surface area contributed by atoms with Crippen molar-refractivity contribution in [1.29, 1.82) is 0 Å². The lowest BCUT2D eigenvalue weighted by Gasteiger charge is -2.24. The lowest BCUT2D eigenvalue weighted by molar-refractivity contribution is -0.130. The fourth-order valence-corrected chi connectivity index (χ4v) is 4.69. The van der Waals surface area contributed by atoms with Gasteiger partial charge in [0.25, 0.3) is 0 Å². The maximum absolute atomic E-state index is 13.1. The van der Waals surface area contributed by atoms with Gasteiger partial charge in [0.2, 0.25) is 11.0 Å². The summed E-state index contributed by atoms with van der Waals surface area (Å²) in [5.41, 5.74) is 1.94. The number of hydrogen-bond acceptors (Lipinski definition) is 6. The van der Waals surface area contributed by atoms with E-state index in [0.717, 1.165) is 15.6 Å². The molecule has 0 aliphatic rings. The number of carbonyl (C=O) groups excluding carboxylic acids is 1. The van der Waals surface area contributed by atoms with Gasteiger partial charge in [-0.15, -0.1) is 10.2 Å². The Kier molecular flexibility index (Phi) is 6.84. The second-order valence-electron chi connectivity index (χ2n) is 5.78. The Morgan fingerprint density at radius 2 is 1.67 bits per heavy atom. The molecule has 7 heteroatoms. The number of nitrogens with zero attached hydrogens (tertiary/aromatic N) is 3. The number of aromatic nitrogens is 2. The van der Waals surface area contributed by atoms with Gasteiger partial charge >= 0.3 is 0 Å². The summed E-state index contributed by atoms with van der Waals surface area (Å²) in [6.07, 6.45) is 0. The molecule has 3 aromatic rings. The summed E-state index contributed by atoms with van der Waals surface area (Å²) in [5, 5.41) is 12.1. The molecule has 3 rings (SSSR count). The summed E-state index contributed by atoms with van der Waals surface area (Å²) in [6.45, 7) is 5.38. The third kappa shape index (κ3) is 5.08. The van der Waals surface area contributed by atoms with E-state index in [1.165, 1.54) is 23.1 Å². The molecule has 5 nitrogen and oxygen atoms in total. The number of nitrogens with one attached hydrogen (secondary N) is 1. The molecule has 0 aliphatic heterocycles. The molecule has 0 radical (unpaired) electrons. The molecule has 0 saturated carbocycles. The van der Waals surface area contributed by atoms with E-state index in [-0.39, 0.29) is 11.2 Å². The van der Waals surface area contributed by atoms with Crippen molar-refractivity contribution in [1.82, 2.24) is 15.1 Å². The van der Waals surface area contributed by atoms with Gasteiger partial charge in [-0.05, 0) is 31.5 Å². The van der Waals surface area contributed by atoms with Crippen molar-refractivity contribution in [2.45, 2.75) is 23.4 Å². The molecule has 1 aromatic heterocycles. The van der Waals surface area contributed by atoms with Crippen molar-refractivity contribution in [3.8, 4) is 0 Å². The molecule has 0 bridgehead atoms. The Hall–Kier alpha value is -2.38. The average Bonchev–Trinajstić information content (AvgIpc) is 3.15. The highest BCUT2D eigenvalue weighted by Gasteiger charge is 2.27. The van der Waals surface area contributed by atoms with E-state index in [1.54, 1.807) is 0 Å². The molecular weight excluding hydrogens is 376 g/mol. The quantitative estimate of drug-likeness (QED) is 0.542. The van der Waals surface area contributed by atoms with E-state index in [0.29, 0.717) is 18.2 Å². The van der Waals surface area contributed by atoms with Crippen LogP contribution in [-0.2, 0) is 4.79 Å². The molecule has 140 valence electrons. The van der Waals surface area contributed by atoms with E-state index >= 15 is 0 Å². The highest BCUT2D eigenvalue weighted by Crippen LogP contribution is 2.39. The highest BCUT2D eigenvalue weighted by molar-refractivity contribution is 8.01. The van der Waals surface area contributed by atoms with Gasteiger partial charge in [0.1, 0.15) is 5.25 Å². The Bertz CT molecular complexity index is 851. The van der Waals surface area contributed by atoms with E-state index < -0.39 is 0 Å². The topological polar surface area (TPSA) is 58.1 Å². The van der Waals surface area contributed by atoms with Gasteiger partial charge in [-0.25, -0.2) is 0 Å². The molecule has 0 unspecified atom stereocenters. The standard InChI is InChI=1S/C20H22N4OS2/c1-3-24(4-2)18(25)17(15-11-7-5-8-12-15)26-20-23-22-19(27-20)21-16-13-9-6-10-14-16/h5-14,17H,3-4H2,1-2H3,(H,21,22)/t17-/m0/s1. The van der Waals surface area contributed by atoms with Crippen LogP contribution in [0.3, 0.4) is 0 Å². The second-order valence-corrected chi connectivity index (χ2v) is 8.11. The predicted molar refractivity (Wildman–Crippen MR) is 113 cm³/mol. The number of thioether (sulfide) groups is 1. The first-order chi connectivity index (χ1) is 13.2. The third-order valence-corrected chi connectivity index (χ3v) is 6.22. The molecule has 1 atom stereocenters. The largest absolute Gasteiger partial charge is 0.342 e.